The molecule has 0 atom stereocenters. The fourth-order valence-corrected chi connectivity index (χ4v) is 2.80. The van der Waals surface area contributed by atoms with Crippen LogP contribution < -0.4 is 10.5 Å². The molecule has 0 saturated heterocycles. The number of nitrogens with two attached hydrogens (primary N) is 1. The second-order valence-corrected chi connectivity index (χ2v) is 6.19. The third kappa shape index (κ3) is 2.96. The Hall–Kier alpha value is -2.19. The van der Waals surface area contributed by atoms with Crippen LogP contribution in [0.4, 0.5) is 5.69 Å². The van der Waals surface area contributed by atoms with E-state index in [1.54, 1.807) is 31.6 Å². The lowest BCUT2D eigenvalue weighted by Gasteiger charge is -2.09. The molecule has 1 amide bonds. The first-order valence-electron chi connectivity index (χ1n) is 6.15. The summed E-state index contributed by atoms with van der Waals surface area (Å²) in [6.07, 6.45) is 0. The van der Waals surface area contributed by atoms with Crippen LogP contribution in [0.2, 0.25) is 0 Å². The van der Waals surface area contributed by atoms with E-state index in [4.69, 9.17) is 5.14 Å². The number of primary sulfonamides is 1. The maximum Gasteiger partial charge on any atom is 0.259 e. The van der Waals surface area contributed by atoms with E-state index in [1.165, 1.54) is 18.2 Å². The molecule has 112 valence electrons. The summed E-state index contributed by atoms with van der Waals surface area (Å²) in [5, 5.41) is 11.9. The Morgan fingerprint density at radius 3 is 2.43 bits per heavy atom. The zero-order valence-corrected chi connectivity index (χ0v) is 12.7. The first-order chi connectivity index (χ1) is 9.71. The summed E-state index contributed by atoms with van der Waals surface area (Å²) < 4.78 is 24.6. The first-order valence-corrected chi connectivity index (χ1v) is 7.70. The van der Waals surface area contributed by atoms with Crippen LogP contribution in [0.1, 0.15) is 21.7 Å². The highest BCUT2D eigenvalue weighted by atomic mass is 32.2. The second-order valence-electron chi connectivity index (χ2n) is 4.66. The van der Waals surface area contributed by atoms with Gasteiger partial charge >= 0.3 is 0 Å². The van der Waals surface area contributed by atoms with Crippen molar-refractivity contribution in [2.45, 2.75) is 18.7 Å². The number of hydrogen-bond donors (Lipinski definition) is 2. The molecule has 0 fully saturated rings. The summed E-state index contributed by atoms with van der Waals surface area (Å²) in [5.74, 6) is -0.422. The summed E-state index contributed by atoms with van der Waals surface area (Å²) in [7, 11) is -2.18. The molecular formula is C13H16N4O3S. The SMILES string of the molecule is Cc1nn(C)c(C)c1C(=O)Nc1ccccc1S(N)(=O)=O. The highest BCUT2D eigenvalue weighted by molar-refractivity contribution is 7.89. The Morgan fingerprint density at radius 1 is 1.29 bits per heavy atom. The zero-order valence-electron chi connectivity index (χ0n) is 11.9. The Balaban J connectivity index is 2.42. The van der Waals surface area contributed by atoms with Crippen molar-refractivity contribution in [3.8, 4) is 0 Å². The first kappa shape index (κ1) is 15.2. The van der Waals surface area contributed by atoms with Gasteiger partial charge in [0.15, 0.2) is 0 Å². The largest absolute Gasteiger partial charge is 0.321 e. The maximum atomic E-state index is 12.3. The highest BCUT2D eigenvalue weighted by Crippen LogP contribution is 2.21. The average molecular weight is 308 g/mol. The number of amides is 1. The average Bonchev–Trinajstić information content (AvgIpc) is 2.62. The van der Waals surface area contributed by atoms with Gasteiger partial charge in [-0.15, -0.1) is 0 Å². The Morgan fingerprint density at radius 2 is 1.90 bits per heavy atom. The van der Waals surface area contributed by atoms with Crippen LogP contribution in [0.25, 0.3) is 0 Å². The fourth-order valence-electron chi connectivity index (χ4n) is 2.11. The van der Waals surface area contributed by atoms with Gasteiger partial charge in [-0.3, -0.25) is 9.48 Å². The number of aryl methyl sites for hydroxylation is 2. The van der Waals surface area contributed by atoms with Crippen LogP contribution in [-0.2, 0) is 17.1 Å². The molecule has 0 bridgehead atoms. The van der Waals surface area contributed by atoms with Crippen molar-refractivity contribution >= 4 is 21.6 Å². The molecule has 0 aliphatic carbocycles. The molecule has 2 rings (SSSR count). The number of rotatable bonds is 3. The summed E-state index contributed by atoms with van der Waals surface area (Å²) in [5.41, 5.74) is 1.83. The van der Waals surface area contributed by atoms with Crippen LogP contribution in [-0.4, -0.2) is 24.1 Å². The van der Waals surface area contributed by atoms with E-state index in [0.29, 0.717) is 17.0 Å². The van der Waals surface area contributed by atoms with Gasteiger partial charge in [0.2, 0.25) is 10.0 Å². The van der Waals surface area contributed by atoms with Gasteiger partial charge in [-0.2, -0.15) is 5.10 Å². The third-order valence-electron chi connectivity index (χ3n) is 3.18. The summed E-state index contributed by atoms with van der Waals surface area (Å²) in [6.45, 7) is 3.48. The Kier molecular flexibility index (Phi) is 3.84. The van der Waals surface area contributed by atoms with Crippen molar-refractivity contribution in [2.75, 3.05) is 5.32 Å². The van der Waals surface area contributed by atoms with Crippen LogP contribution in [0.5, 0.6) is 0 Å². The number of carbonyl (C=O) groups is 1. The van der Waals surface area contributed by atoms with Crippen molar-refractivity contribution in [1.29, 1.82) is 0 Å². The van der Waals surface area contributed by atoms with E-state index in [-0.39, 0.29) is 10.6 Å². The van der Waals surface area contributed by atoms with Crippen LogP contribution >= 0.6 is 0 Å². The summed E-state index contributed by atoms with van der Waals surface area (Å²) in [4.78, 5) is 12.2. The molecule has 0 radical (unpaired) electrons. The molecule has 0 aliphatic rings. The summed E-state index contributed by atoms with van der Waals surface area (Å²) >= 11 is 0. The van der Waals surface area contributed by atoms with Gasteiger partial charge in [-0.05, 0) is 26.0 Å². The maximum absolute atomic E-state index is 12.3. The Bertz CT molecular complexity index is 809. The lowest BCUT2D eigenvalue weighted by Crippen LogP contribution is -2.19. The van der Waals surface area contributed by atoms with Crippen LogP contribution in [0.3, 0.4) is 0 Å². The number of sulfonamides is 1. The van der Waals surface area contributed by atoms with Gasteiger partial charge < -0.3 is 5.32 Å². The van der Waals surface area contributed by atoms with Crippen molar-refractivity contribution in [2.24, 2.45) is 12.2 Å². The molecule has 21 heavy (non-hydrogen) atoms. The predicted octanol–water partition coefficient (Wildman–Crippen LogP) is 0.937. The second kappa shape index (κ2) is 5.30. The molecule has 0 aliphatic heterocycles. The zero-order chi connectivity index (χ0) is 15.8. The van der Waals surface area contributed by atoms with Gasteiger partial charge in [0, 0.05) is 12.7 Å². The molecule has 2 aromatic rings. The van der Waals surface area contributed by atoms with Gasteiger partial charge in [0.1, 0.15) is 4.90 Å². The van der Waals surface area contributed by atoms with E-state index < -0.39 is 15.9 Å². The molecule has 1 aromatic heterocycles. The van der Waals surface area contributed by atoms with Crippen molar-refractivity contribution in [3.05, 3.63) is 41.2 Å². The number of para-hydroxylation sites is 1. The smallest absolute Gasteiger partial charge is 0.259 e. The molecule has 1 aromatic carbocycles. The van der Waals surface area contributed by atoms with Crippen LogP contribution in [0, 0.1) is 13.8 Å². The fraction of sp³-hybridized carbons (Fsp3) is 0.231. The van der Waals surface area contributed by atoms with E-state index >= 15 is 0 Å². The van der Waals surface area contributed by atoms with E-state index in [2.05, 4.69) is 10.4 Å². The highest BCUT2D eigenvalue weighted by Gasteiger charge is 2.20. The topological polar surface area (TPSA) is 107 Å². The van der Waals surface area contributed by atoms with Crippen LogP contribution in [0.15, 0.2) is 29.2 Å². The number of carbonyl (C=O) groups excluding carboxylic acids is 1. The molecule has 1 heterocycles. The third-order valence-corrected chi connectivity index (χ3v) is 4.15. The molecule has 7 nitrogen and oxygen atoms in total. The monoisotopic (exact) mass is 308 g/mol. The normalized spacial score (nSPS) is 11.4. The van der Waals surface area contributed by atoms with Gasteiger partial charge in [-0.1, -0.05) is 12.1 Å². The number of hydrogen-bond acceptors (Lipinski definition) is 4. The van der Waals surface area contributed by atoms with Gasteiger partial charge in [0.25, 0.3) is 5.91 Å². The molecule has 3 N–H and O–H groups in total. The van der Waals surface area contributed by atoms with E-state index in [0.717, 1.165) is 0 Å². The van der Waals surface area contributed by atoms with Gasteiger partial charge in [-0.25, -0.2) is 13.6 Å². The lowest BCUT2D eigenvalue weighted by molar-refractivity contribution is 0.102. The predicted molar refractivity (Wildman–Crippen MR) is 78.5 cm³/mol. The minimum atomic E-state index is -3.91. The number of nitrogens with one attached hydrogen (secondary N) is 1. The van der Waals surface area contributed by atoms with Crippen molar-refractivity contribution < 1.29 is 13.2 Å². The number of benzene rings is 1. The lowest BCUT2D eigenvalue weighted by atomic mass is 10.2. The standard InChI is InChI=1S/C13H16N4O3S/c1-8-12(9(2)17(3)16-8)13(18)15-10-6-4-5-7-11(10)21(14,19)20/h4-7H,1-3H3,(H,15,18)(H2,14,19,20). The van der Waals surface area contributed by atoms with E-state index in [1.807, 2.05) is 0 Å². The number of anilines is 1. The molecule has 8 heteroatoms. The minimum Gasteiger partial charge on any atom is -0.321 e. The quantitative estimate of drug-likeness (QED) is 0.879. The molecule has 0 unspecified atom stereocenters. The van der Waals surface area contributed by atoms with Gasteiger partial charge in [0.05, 0.1) is 16.9 Å². The van der Waals surface area contributed by atoms with Crippen molar-refractivity contribution in [3.63, 3.8) is 0 Å². The number of nitrogens with zero attached hydrogens (tertiary/aromatic N) is 2. The summed E-state index contributed by atoms with van der Waals surface area (Å²) in [6, 6.07) is 5.98. The molecule has 0 spiro atoms. The minimum absolute atomic E-state index is 0.127. The Labute approximate surface area is 122 Å². The van der Waals surface area contributed by atoms with Crippen molar-refractivity contribution in [1.82, 2.24) is 9.78 Å². The molecular weight excluding hydrogens is 292 g/mol. The number of aromatic nitrogens is 2. The molecule has 0 saturated carbocycles. The van der Waals surface area contributed by atoms with E-state index in [9.17, 15) is 13.2 Å².